The molecule has 0 aliphatic carbocycles. The molecule has 15 heavy (non-hydrogen) atoms. The van der Waals surface area contributed by atoms with E-state index in [4.69, 9.17) is 9.47 Å². The van der Waals surface area contributed by atoms with Crippen molar-refractivity contribution in [3.8, 4) is 0 Å². The van der Waals surface area contributed by atoms with Gasteiger partial charge in [-0.3, -0.25) is 0 Å². The molecule has 0 bridgehead atoms. The molecule has 1 N–H and O–H groups in total. The van der Waals surface area contributed by atoms with E-state index in [0.717, 1.165) is 44.2 Å². The van der Waals surface area contributed by atoms with Crippen LogP contribution in [0, 0.1) is 0 Å². The molecule has 0 saturated heterocycles. The van der Waals surface area contributed by atoms with Gasteiger partial charge in [0.15, 0.2) is 0 Å². The van der Waals surface area contributed by atoms with Gasteiger partial charge in [-0.15, -0.1) is 0 Å². The van der Waals surface area contributed by atoms with Crippen molar-refractivity contribution < 1.29 is 9.47 Å². The highest BCUT2D eigenvalue weighted by Crippen LogP contribution is 1.97. The third-order valence-corrected chi connectivity index (χ3v) is 2.75. The summed E-state index contributed by atoms with van der Waals surface area (Å²) in [4.78, 5) is 0. The van der Waals surface area contributed by atoms with Crippen LogP contribution in [0.15, 0.2) is 0 Å². The molecule has 3 nitrogen and oxygen atoms in total. The summed E-state index contributed by atoms with van der Waals surface area (Å²) in [5.74, 6) is 2.25. The fourth-order valence-corrected chi connectivity index (χ4v) is 1.81. The maximum absolute atomic E-state index is 5.44. The van der Waals surface area contributed by atoms with Gasteiger partial charge in [0.25, 0.3) is 0 Å². The standard InChI is InChI=1S/C11H25NO2S/c1-11(2)14-7-4-5-12-6-9-15-10-8-13-3/h11-12H,4-10H2,1-3H3. The fraction of sp³-hybridized carbons (Fsp3) is 1.00. The van der Waals surface area contributed by atoms with Gasteiger partial charge < -0.3 is 14.8 Å². The van der Waals surface area contributed by atoms with Gasteiger partial charge in [-0.05, 0) is 26.8 Å². The number of ether oxygens (including phenoxy) is 2. The monoisotopic (exact) mass is 235 g/mol. The van der Waals surface area contributed by atoms with Gasteiger partial charge >= 0.3 is 0 Å². The maximum atomic E-state index is 5.44. The maximum Gasteiger partial charge on any atom is 0.0552 e. The first kappa shape index (κ1) is 15.2. The van der Waals surface area contributed by atoms with Crippen LogP contribution in [0.5, 0.6) is 0 Å². The highest BCUT2D eigenvalue weighted by molar-refractivity contribution is 7.99. The van der Waals surface area contributed by atoms with Crippen LogP contribution in [0.2, 0.25) is 0 Å². The fourth-order valence-electron chi connectivity index (χ4n) is 1.03. The number of thioether (sulfide) groups is 1. The zero-order chi connectivity index (χ0) is 11.4. The third-order valence-electron chi connectivity index (χ3n) is 1.80. The Kier molecular flexibility index (Phi) is 12.5. The van der Waals surface area contributed by atoms with Crippen LogP contribution in [0.25, 0.3) is 0 Å². The second kappa shape index (κ2) is 12.3. The van der Waals surface area contributed by atoms with E-state index in [-0.39, 0.29) is 0 Å². The van der Waals surface area contributed by atoms with Crippen molar-refractivity contribution in [3.63, 3.8) is 0 Å². The average Bonchev–Trinajstić information content (AvgIpc) is 2.20. The summed E-state index contributed by atoms with van der Waals surface area (Å²) >= 11 is 1.93. The Balaban J connectivity index is 2.87. The van der Waals surface area contributed by atoms with E-state index >= 15 is 0 Å². The Bertz CT molecular complexity index is 123. The predicted molar refractivity (Wildman–Crippen MR) is 67.8 cm³/mol. The second-order valence-corrected chi connectivity index (χ2v) is 4.85. The van der Waals surface area contributed by atoms with Crippen LogP contribution >= 0.6 is 11.8 Å². The van der Waals surface area contributed by atoms with E-state index in [9.17, 15) is 0 Å². The summed E-state index contributed by atoms with van der Waals surface area (Å²) < 4.78 is 10.4. The topological polar surface area (TPSA) is 30.5 Å². The first-order valence-corrected chi connectivity index (χ1v) is 6.82. The molecule has 0 atom stereocenters. The van der Waals surface area contributed by atoms with Crippen LogP contribution in [0.3, 0.4) is 0 Å². The Morgan fingerprint density at radius 2 is 1.93 bits per heavy atom. The van der Waals surface area contributed by atoms with Gasteiger partial charge in [0.05, 0.1) is 12.7 Å². The normalized spacial score (nSPS) is 11.2. The number of nitrogens with one attached hydrogen (secondary N) is 1. The number of hydrogen-bond acceptors (Lipinski definition) is 4. The molecule has 4 heteroatoms. The van der Waals surface area contributed by atoms with Gasteiger partial charge in [-0.1, -0.05) is 0 Å². The largest absolute Gasteiger partial charge is 0.384 e. The summed E-state index contributed by atoms with van der Waals surface area (Å²) in [5, 5.41) is 3.39. The summed E-state index contributed by atoms with van der Waals surface area (Å²) in [6.07, 6.45) is 1.45. The number of hydrogen-bond donors (Lipinski definition) is 1. The minimum absolute atomic E-state index is 0.356. The van der Waals surface area contributed by atoms with Crippen LogP contribution in [0.4, 0.5) is 0 Å². The van der Waals surface area contributed by atoms with Crippen LogP contribution in [-0.4, -0.2) is 51.0 Å². The van der Waals surface area contributed by atoms with Crippen LogP contribution < -0.4 is 5.32 Å². The van der Waals surface area contributed by atoms with Crippen molar-refractivity contribution in [2.24, 2.45) is 0 Å². The molecule has 0 amide bonds. The van der Waals surface area contributed by atoms with E-state index in [1.165, 1.54) is 0 Å². The Morgan fingerprint density at radius 1 is 1.13 bits per heavy atom. The molecular formula is C11H25NO2S. The summed E-state index contributed by atoms with van der Waals surface area (Å²) in [6.45, 7) is 7.99. The van der Waals surface area contributed by atoms with Gasteiger partial charge in [-0.25, -0.2) is 0 Å². The smallest absolute Gasteiger partial charge is 0.0552 e. The minimum Gasteiger partial charge on any atom is -0.384 e. The zero-order valence-electron chi connectivity index (χ0n) is 10.3. The predicted octanol–water partition coefficient (Wildman–Crippen LogP) is 1.77. The Hall–Kier alpha value is 0.230. The third kappa shape index (κ3) is 14.2. The summed E-state index contributed by atoms with van der Waals surface area (Å²) in [5.41, 5.74) is 0. The van der Waals surface area contributed by atoms with Gasteiger partial charge in [0, 0.05) is 31.8 Å². The lowest BCUT2D eigenvalue weighted by Crippen LogP contribution is -2.20. The highest BCUT2D eigenvalue weighted by Gasteiger charge is 1.93. The lowest BCUT2D eigenvalue weighted by Gasteiger charge is -2.07. The Morgan fingerprint density at radius 3 is 2.60 bits per heavy atom. The first-order chi connectivity index (χ1) is 7.27. The molecule has 0 saturated carbocycles. The second-order valence-electron chi connectivity index (χ2n) is 3.63. The van der Waals surface area contributed by atoms with Crippen molar-refractivity contribution in [3.05, 3.63) is 0 Å². The van der Waals surface area contributed by atoms with Crippen molar-refractivity contribution in [1.29, 1.82) is 0 Å². The number of rotatable bonds is 11. The molecule has 0 fully saturated rings. The molecule has 0 radical (unpaired) electrons. The number of methoxy groups -OCH3 is 1. The SMILES string of the molecule is COCCSCCNCCCOC(C)C. The average molecular weight is 235 g/mol. The van der Waals surface area contributed by atoms with Crippen LogP contribution in [-0.2, 0) is 9.47 Å². The van der Waals surface area contributed by atoms with Gasteiger partial charge in [0.1, 0.15) is 0 Å². The van der Waals surface area contributed by atoms with Gasteiger partial charge in [0.2, 0.25) is 0 Å². The summed E-state index contributed by atoms with van der Waals surface area (Å²) in [7, 11) is 1.74. The minimum atomic E-state index is 0.356. The molecule has 0 rings (SSSR count). The molecule has 0 unspecified atom stereocenters. The Labute approximate surface area is 98.3 Å². The molecular weight excluding hydrogens is 210 g/mol. The molecule has 0 aliphatic rings. The molecule has 0 aliphatic heterocycles. The molecule has 0 spiro atoms. The highest BCUT2D eigenvalue weighted by atomic mass is 32.2. The molecule has 0 aromatic carbocycles. The van der Waals surface area contributed by atoms with Crippen molar-refractivity contribution in [2.45, 2.75) is 26.4 Å². The van der Waals surface area contributed by atoms with Crippen molar-refractivity contribution in [2.75, 3.05) is 44.9 Å². The van der Waals surface area contributed by atoms with Crippen LogP contribution in [0.1, 0.15) is 20.3 Å². The van der Waals surface area contributed by atoms with Crippen molar-refractivity contribution >= 4 is 11.8 Å². The van der Waals surface area contributed by atoms with E-state index in [0.29, 0.717) is 6.10 Å². The lowest BCUT2D eigenvalue weighted by molar-refractivity contribution is 0.0772. The lowest BCUT2D eigenvalue weighted by atomic mass is 10.4. The van der Waals surface area contributed by atoms with E-state index in [1.54, 1.807) is 7.11 Å². The molecule has 0 aromatic heterocycles. The quantitative estimate of drug-likeness (QED) is 0.553. The first-order valence-electron chi connectivity index (χ1n) is 5.66. The molecule has 0 heterocycles. The van der Waals surface area contributed by atoms with E-state index in [1.807, 2.05) is 11.8 Å². The van der Waals surface area contributed by atoms with Gasteiger partial charge in [-0.2, -0.15) is 11.8 Å². The molecule has 92 valence electrons. The van der Waals surface area contributed by atoms with Crippen molar-refractivity contribution in [1.82, 2.24) is 5.32 Å². The molecule has 0 aromatic rings. The summed E-state index contributed by atoms with van der Waals surface area (Å²) in [6, 6.07) is 0. The van der Waals surface area contributed by atoms with E-state index in [2.05, 4.69) is 19.2 Å². The zero-order valence-corrected chi connectivity index (χ0v) is 11.1. The van der Waals surface area contributed by atoms with E-state index < -0.39 is 0 Å².